The zero-order chi connectivity index (χ0) is 21.4. The minimum atomic E-state index is -4.56. The molecule has 0 spiro atoms. The number of nitrogens with zero attached hydrogens (tertiary/aromatic N) is 4. The molecule has 0 radical (unpaired) electrons. The van der Waals surface area contributed by atoms with Crippen molar-refractivity contribution in [2.75, 3.05) is 17.2 Å². The van der Waals surface area contributed by atoms with E-state index >= 15 is 0 Å². The van der Waals surface area contributed by atoms with E-state index in [2.05, 4.69) is 31.7 Å². The van der Waals surface area contributed by atoms with Crippen LogP contribution in [-0.2, 0) is 6.18 Å². The predicted molar refractivity (Wildman–Crippen MR) is 104 cm³/mol. The molecule has 4 N–H and O–H groups in total. The van der Waals surface area contributed by atoms with Gasteiger partial charge in [-0.25, -0.2) is 4.98 Å². The van der Waals surface area contributed by atoms with Gasteiger partial charge in [0.2, 0.25) is 5.95 Å². The van der Waals surface area contributed by atoms with Crippen LogP contribution in [0.3, 0.4) is 0 Å². The van der Waals surface area contributed by atoms with Gasteiger partial charge < -0.3 is 16.4 Å². The molecule has 1 aromatic rings. The van der Waals surface area contributed by atoms with Gasteiger partial charge in [-0.2, -0.15) is 23.4 Å². The molecule has 2 fully saturated rings. The lowest BCUT2D eigenvalue weighted by atomic mass is 10.1. The van der Waals surface area contributed by atoms with E-state index in [0.717, 1.165) is 25.5 Å². The Morgan fingerprint density at radius 1 is 1.45 bits per heavy atom. The van der Waals surface area contributed by atoms with Crippen LogP contribution in [0.5, 0.6) is 0 Å². The van der Waals surface area contributed by atoms with E-state index in [4.69, 9.17) is 11.0 Å². The van der Waals surface area contributed by atoms with Crippen LogP contribution in [0.4, 0.5) is 24.9 Å². The third kappa shape index (κ3) is 4.78. The first-order valence-corrected chi connectivity index (χ1v) is 9.34. The Morgan fingerprint density at radius 3 is 2.66 bits per heavy atom. The normalized spacial score (nSPS) is 25.9. The number of nitrogens with two attached hydrogens (primary N) is 1. The van der Waals surface area contributed by atoms with E-state index in [9.17, 15) is 13.2 Å². The molecular formula is C19H24F3N7. The van der Waals surface area contributed by atoms with E-state index in [0.29, 0.717) is 18.0 Å². The highest BCUT2D eigenvalue weighted by Gasteiger charge is 2.50. The number of aliphatic imine (C=N–C) groups is 1. The molecule has 2 atom stereocenters. The third-order valence-corrected chi connectivity index (χ3v) is 5.53. The van der Waals surface area contributed by atoms with Crippen molar-refractivity contribution in [1.29, 1.82) is 5.26 Å². The maximum atomic E-state index is 13.3. The Balaban J connectivity index is 1.75. The molecule has 10 heteroatoms. The van der Waals surface area contributed by atoms with Crippen molar-refractivity contribution in [1.82, 2.24) is 9.97 Å². The zero-order valence-electron chi connectivity index (χ0n) is 16.6. The number of anilines is 2. The van der Waals surface area contributed by atoms with Crippen molar-refractivity contribution in [3.05, 3.63) is 23.7 Å². The standard InChI is InChI=1S/C19H24F3N7/c1-11(25-8-12-6-17(12,2)10-24)14(7-23)27-16-26-9-13(19(20,21)22)15(28-16)29-18(3)4-5-18/h7,9,12H,4-6,8,23H2,1-3H3,(H2,26,27,28,29)/b14-7+,25-11?/t12-,17+/m1/s1. The fraction of sp³-hybridized carbons (Fsp3) is 0.579. The molecule has 0 aromatic carbocycles. The van der Waals surface area contributed by atoms with Gasteiger partial charge in [0.05, 0.1) is 22.9 Å². The van der Waals surface area contributed by atoms with Gasteiger partial charge in [-0.3, -0.25) is 4.99 Å². The molecule has 2 aliphatic carbocycles. The number of hydrogen-bond acceptors (Lipinski definition) is 7. The highest BCUT2D eigenvalue weighted by molar-refractivity contribution is 6.00. The van der Waals surface area contributed by atoms with Gasteiger partial charge in [0.15, 0.2) is 0 Å². The molecule has 0 amide bonds. The summed E-state index contributed by atoms with van der Waals surface area (Å²) >= 11 is 0. The van der Waals surface area contributed by atoms with Gasteiger partial charge in [0, 0.05) is 24.5 Å². The van der Waals surface area contributed by atoms with E-state index in [1.54, 1.807) is 6.92 Å². The van der Waals surface area contributed by atoms with Crippen LogP contribution >= 0.6 is 0 Å². The van der Waals surface area contributed by atoms with Gasteiger partial charge in [-0.1, -0.05) is 0 Å². The summed E-state index contributed by atoms with van der Waals surface area (Å²) in [5, 5.41) is 14.8. The first-order chi connectivity index (χ1) is 13.5. The van der Waals surface area contributed by atoms with Crippen molar-refractivity contribution >= 4 is 17.5 Å². The lowest BCUT2D eigenvalue weighted by Crippen LogP contribution is -2.22. The summed E-state index contributed by atoms with van der Waals surface area (Å²) in [7, 11) is 0. The zero-order valence-corrected chi connectivity index (χ0v) is 16.6. The summed E-state index contributed by atoms with van der Waals surface area (Å²) in [4.78, 5) is 12.3. The van der Waals surface area contributed by atoms with E-state index < -0.39 is 11.7 Å². The average molecular weight is 407 g/mol. The molecule has 156 valence electrons. The van der Waals surface area contributed by atoms with Crippen molar-refractivity contribution in [3.63, 3.8) is 0 Å². The van der Waals surface area contributed by atoms with Crippen LogP contribution in [0.1, 0.15) is 45.6 Å². The van der Waals surface area contributed by atoms with Crippen molar-refractivity contribution in [2.45, 2.75) is 51.7 Å². The van der Waals surface area contributed by atoms with E-state index in [-0.39, 0.29) is 28.6 Å². The minimum Gasteiger partial charge on any atom is -0.403 e. The molecule has 0 unspecified atom stereocenters. The van der Waals surface area contributed by atoms with Crippen molar-refractivity contribution in [3.8, 4) is 6.07 Å². The largest absolute Gasteiger partial charge is 0.421 e. The maximum Gasteiger partial charge on any atom is 0.421 e. The van der Waals surface area contributed by atoms with Gasteiger partial charge in [-0.15, -0.1) is 0 Å². The summed E-state index contributed by atoms with van der Waals surface area (Å²) in [6.07, 6.45) is -0.184. The van der Waals surface area contributed by atoms with Crippen LogP contribution in [0.2, 0.25) is 0 Å². The second-order valence-electron chi connectivity index (χ2n) is 8.20. The summed E-state index contributed by atoms with van der Waals surface area (Å²) in [5.41, 5.74) is 4.99. The number of aromatic nitrogens is 2. The number of nitriles is 1. The van der Waals surface area contributed by atoms with Crippen LogP contribution < -0.4 is 16.4 Å². The fourth-order valence-corrected chi connectivity index (χ4v) is 2.90. The third-order valence-electron chi connectivity index (χ3n) is 5.53. The Hall–Kier alpha value is -2.83. The fourth-order valence-electron chi connectivity index (χ4n) is 2.90. The molecule has 29 heavy (non-hydrogen) atoms. The maximum absolute atomic E-state index is 13.3. The highest BCUT2D eigenvalue weighted by Crippen LogP contribution is 2.51. The first-order valence-electron chi connectivity index (χ1n) is 9.34. The second-order valence-corrected chi connectivity index (χ2v) is 8.20. The molecule has 3 rings (SSSR count). The second kappa shape index (κ2) is 7.21. The number of allylic oxidation sites excluding steroid dienone is 1. The number of alkyl halides is 3. The molecule has 1 heterocycles. The SMILES string of the molecule is CC(=NC[C@H]1C[C@@]1(C)C#N)/C(=C\N)Nc1ncc(C(F)(F)F)c(NC2(C)CC2)n1. The molecule has 0 saturated heterocycles. The van der Waals surface area contributed by atoms with E-state index in [1.807, 2.05) is 13.8 Å². The number of hydrogen-bond donors (Lipinski definition) is 3. The lowest BCUT2D eigenvalue weighted by Gasteiger charge is -2.18. The number of halogens is 3. The molecule has 2 saturated carbocycles. The first kappa shape index (κ1) is 20.9. The summed E-state index contributed by atoms with van der Waals surface area (Å²) in [5.74, 6) is -0.0769. The highest BCUT2D eigenvalue weighted by atomic mass is 19.4. The molecular weight excluding hydrogens is 383 g/mol. The Bertz CT molecular complexity index is 896. The van der Waals surface area contributed by atoms with Crippen LogP contribution in [0, 0.1) is 22.7 Å². The Labute approximate surface area is 167 Å². The predicted octanol–water partition coefficient (Wildman–Crippen LogP) is 3.68. The van der Waals surface area contributed by atoms with Crippen LogP contribution in [-0.4, -0.2) is 27.8 Å². The van der Waals surface area contributed by atoms with E-state index in [1.165, 1.54) is 6.20 Å². The Morgan fingerprint density at radius 2 is 2.14 bits per heavy atom. The van der Waals surface area contributed by atoms with Crippen molar-refractivity contribution < 1.29 is 13.2 Å². The average Bonchev–Trinajstić information content (AvgIpc) is 3.54. The number of rotatable bonds is 7. The van der Waals surface area contributed by atoms with Gasteiger partial charge in [-0.05, 0) is 46.0 Å². The topological polar surface area (TPSA) is 112 Å². The Kier molecular flexibility index (Phi) is 5.19. The minimum absolute atomic E-state index is 0.00992. The van der Waals surface area contributed by atoms with Crippen LogP contribution in [0.25, 0.3) is 0 Å². The quantitative estimate of drug-likeness (QED) is 0.595. The molecule has 0 bridgehead atoms. The van der Waals surface area contributed by atoms with Gasteiger partial charge >= 0.3 is 6.18 Å². The van der Waals surface area contributed by atoms with Crippen LogP contribution in [0.15, 0.2) is 23.1 Å². The molecule has 7 nitrogen and oxygen atoms in total. The van der Waals surface area contributed by atoms with Gasteiger partial charge in [0.1, 0.15) is 11.4 Å². The summed E-state index contributed by atoms with van der Waals surface area (Å²) < 4.78 is 39.9. The van der Waals surface area contributed by atoms with Crippen molar-refractivity contribution in [2.24, 2.45) is 22.1 Å². The van der Waals surface area contributed by atoms with Gasteiger partial charge in [0.25, 0.3) is 0 Å². The lowest BCUT2D eigenvalue weighted by molar-refractivity contribution is -0.137. The molecule has 1 aromatic heterocycles. The number of nitrogens with one attached hydrogen (secondary N) is 2. The molecule has 2 aliphatic rings. The summed E-state index contributed by atoms with van der Waals surface area (Å²) in [6.45, 7) is 5.95. The summed E-state index contributed by atoms with van der Waals surface area (Å²) in [6, 6.07) is 2.28. The smallest absolute Gasteiger partial charge is 0.403 e. The monoisotopic (exact) mass is 407 g/mol. The molecule has 0 aliphatic heterocycles.